The molecule has 1 fully saturated rings. The molecule has 0 aromatic heterocycles. The van der Waals surface area contributed by atoms with Gasteiger partial charge in [0.2, 0.25) is 22.6 Å². The normalized spacial score (nSPS) is 18.6. The van der Waals surface area contributed by atoms with Crippen molar-refractivity contribution in [1.29, 1.82) is 0 Å². The number of benzene rings is 2. The Morgan fingerprint density at radius 2 is 1.24 bits per heavy atom. The van der Waals surface area contributed by atoms with E-state index in [1.54, 1.807) is 0 Å². The van der Waals surface area contributed by atoms with Gasteiger partial charge >= 0.3 is 0 Å². The summed E-state index contributed by atoms with van der Waals surface area (Å²) >= 11 is 0. The number of ketones is 1. The van der Waals surface area contributed by atoms with Gasteiger partial charge in [-0.1, -0.05) is 60.7 Å². The topological polar surface area (TPSA) is 35.5 Å². The molecule has 3 rings (SSSR count). The first-order valence-electron chi connectivity index (χ1n) is 10.3. The lowest BCUT2D eigenvalue weighted by Gasteiger charge is -2.48. The molecule has 154 valence electrons. The van der Waals surface area contributed by atoms with Gasteiger partial charge in [0.05, 0.1) is 5.41 Å². The fraction of sp³-hybridized carbons (Fsp3) is 0.375. The molecule has 1 aliphatic carbocycles. The maximum absolute atomic E-state index is 13.2. The molecule has 2 aromatic carbocycles. The number of carbonyl (C=O) groups excluding carboxylic acids is 1. The highest BCUT2D eigenvalue weighted by molar-refractivity contribution is 6.71. The molecule has 0 saturated heterocycles. The molecule has 0 bridgehead atoms. The number of Topliss-reactive ketones (excluding diaryl/α,β-unsaturated/α-hetero) is 1. The van der Waals surface area contributed by atoms with Crippen LogP contribution in [0.2, 0.25) is 39.3 Å². The van der Waals surface area contributed by atoms with E-state index in [9.17, 15) is 4.79 Å². The SMILES string of the molecule is C[Si](C)(C)OC(=CC1CC(=O)C1(c1ccccc1)c1ccccc1)O[Si](C)(C)C. The monoisotopic (exact) mass is 424 g/mol. The molecular weight excluding hydrogens is 392 g/mol. The van der Waals surface area contributed by atoms with E-state index < -0.39 is 22.0 Å². The summed E-state index contributed by atoms with van der Waals surface area (Å²) in [7, 11) is -3.71. The first-order chi connectivity index (χ1) is 13.5. The van der Waals surface area contributed by atoms with Crippen LogP contribution in [0.4, 0.5) is 0 Å². The van der Waals surface area contributed by atoms with Crippen LogP contribution in [0.15, 0.2) is 72.7 Å². The second-order valence-corrected chi connectivity index (χ2v) is 18.5. The predicted molar refractivity (Wildman–Crippen MR) is 124 cm³/mol. The van der Waals surface area contributed by atoms with Gasteiger partial charge < -0.3 is 8.85 Å². The Hall–Kier alpha value is -2.12. The van der Waals surface area contributed by atoms with Gasteiger partial charge in [0, 0.05) is 12.3 Å². The lowest BCUT2D eigenvalue weighted by atomic mass is 9.52. The van der Waals surface area contributed by atoms with Crippen LogP contribution in [-0.2, 0) is 19.1 Å². The molecule has 1 saturated carbocycles. The van der Waals surface area contributed by atoms with E-state index in [2.05, 4.69) is 69.6 Å². The van der Waals surface area contributed by atoms with E-state index in [1.165, 1.54) is 0 Å². The van der Waals surface area contributed by atoms with Gasteiger partial charge in [0.15, 0.2) is 0 Å². The van der Waals surface area contributed by atoms with Crippen LogP contribution in [0.25, 0.3) is 0 Å². The minimum atomic E-state index is -1.85. The zero-order valence-corrected chi connectivity index (χ0v) is 20.4. The molecule has 3 nitrogen and oxygen atoms in total. The number of rotatable bonds is 7. The van der Waals surface area contributed by atoms with Crippen LogP contribution >= 0.6 is 0 Å². The van der Waals surface area contributed by atoms with E-state index >= 15 is 0 Å². The van der Waals surface area contributed by atoms with Gasteiger partial charge in [-0.15, -0.1) is 0 Å². The summed E-state index contributed by atoms with van der Waals surface area (Å²) in [6, 6.07) is 20.2. The summed E-state index contributed by atoms with van der Waals surface area (Å²) in [5.41, 5.74) is 1.38. The van der Waals surface area contributed by atoms with Crippen LogP contribution in [-0.4, -0.2) is 22.4 Å². The van der Waals surface area contributed by atoms with Gasteiger partial charge in [0.1, 0.15) is 5.78 Å². The average Bonchev–Trinajstić information content (AvgIpc) is 2.60. The molecule has 0 aliphatic heterocycles. The van der Waals surface area contributed by atoms with Gasteiger partial charge in [-0.2, -0.15) is 0 Å². The van der Waals surface area contributed by atoms with Crippen molar-refractivity contribution >= 4 is 22.4 Å². The van der Waals surface area contributed by atoms with Gasteiger partial charge in [0.25, 0.3) is 0 Å². The molecular formula is C24H32O3Si2. The third-order valence-electron chi connectivity index (χ3n) is 5.01. The number of hydrogen-bond acceptors (Lipinski definition) is 3. The lowest BCUT2D eigenvalue weighted by molar-refractivity contribution is -0.133. The largest absolute Gasteiger partial charge is 0.521 e. The molecule has 5 heteroatoms. The molecule has 0 heterocycles. The first kappa shape index (κ1) is 21.6. The van der Waals surface area contributed by atoms with Crippen LogP contribution < -0.4 is 0 Å². The highest BCUT2D eigenvalue weighted by atomic mass is 28.4. The van der Waals surface area contributed by atoms with Crippen molar-refractivity contribution in [3.63, 3.8) is 0 Å². The number of allylic oxidation sites excluding steroid dienone is 1. The van der Waals surface area contributed by atoms with E-state index in [-0.39, 0.29) is 11.7 Å². The van der Waals surface area contributed by atoms with Crippen molar-refractivity contribution in [2.24, 2.45) is 5.92 Å². The fourth-order valence-corrected chi connectivity index (χ4v) is 5.46. The van der Waals surface area contributed by atoms with Gasteiger partial charge in [-0.3, -0.25) is 4.79 Å². The van der Waals surface area contributed by atoms with E-state index in [0.29, 0.717) is 12.4 Å². The standard InChI is InChI=1S/C24H32O3Si2/c1-28(2,3)26-23(27-29(4,5)6)18-21-17-22(25)24(21,19-13-9-7-10-14-19)20-15-11-8-12-16-20/h7-16,18,21H,17H2,1-6H3. The molecule has 2 aromatic rings. The van der Waals surface area contributed by atoms with Crippen LogP contribution in [0.5, 0.6) is 0 Å². The minimum Gasteiger partial charge on any atom is -0.521 e. The second kappa shape index (κ2) is 7.96. The smallest absolute Gasteiger partial charge is 0.247 e. The molecule has 1 unspecified atom stereocenters. The van der Waals surface area contributed by atoms with Crippen LogP contribution in [0.3, 0.4) is 0 Å². The van der Waals surface area contributed by atoms with Crippen LogP contribution in [0, 0.1) is 5.92 Å². The van der Waals surface area contributed by atoms with Gasteiger partial charge in [-0.05, 0) is 56.5 Å². The Morgan fingerprint density at radius 3 is 1.59 bits per heavy atom. The highest BCUT2D eigenvalue weighted by Crippen LogP contribution is 2.52. The van der Waals surface area contributed by atoms with Crippen molar-refractivity contribution < 1.29 is 13.6 Å². The van der Waals surface area contributed by atoms with Gasteiger partial charge in [-0.25, -0.2) is 0 Å². The first-order valence-corrected chi connectivity index (χ1v) is 17.1. The van der Waals surface area contributed by atoms with E-state index in [1.807, 2.05) is 36.4 Å². The molecule has 0 amide bonds. The predicted octanol–water partition coefficient (Wildman–Crippen LogP) is 6.11. The quantitative estimate of drug-likeness (QED) is 0.397. The summed E-state index contributed by atoms with van der Waals surface area (Å²) in [6.07, 6.45) is 2.58. The second-order valence-electron chi connectivity index (χ2n) is 9.69. The van der Waals surface area contributed by atoms with Crippen molar-refractivity contribution in [2.75, 3.05) is 0 Å². The van der Waals surface area contributed by atoms with E-state index in [0.717, 1.165) is 11.1 Å². The molecule has 0 spiro atoms. The minimum absolute atomic E-state index is 0.00231. The Kier molecular flexibility index (Phi) is 5.92. The molecule has 1 aliphatic rings. The maximum Gasteiger partial charge on any atom is 0.247 e. The summed E-state index contributed by atoms with van der Waals surface area (Å²) in [5, 5.41) is 0. The molecule has 1 atom stereocenters. The summed E-state index contributed by atoms with van der Waals surface area (Å²) in [4.78, 5) is 13.2. The highest BCUT2D eigenvalue weighted by Gasteiger charge is 2.56. The summed E-state index contributed by atoms with van der Waals surface area (Å²) < 4.78 is 12.6. The van der Waals surface area contributed by atoms with Crippen molar-refractivity contribution in [3.05, 3.63) is 83.8 Å². The number of carbonyl (C=O) groups is 1. The molecule has 0 radical (unpaired) electrons. The zero-order valence-electron chi connectivity index (χ0n) is 18.4. The number of hydrogen-bond donors (Lipinski definition) is 0. The lowest BCUT2D eigenvalue weighted by Crippen LogP contribution is -2.54. The average molecular weight is 425 g/mol. The molecule has 29 heavy (non-hydrogen) atoms. The van der Waals surface area contributed by atoms with Crippen molar-refractivity contribution in [3.8, 4) is 0 Å². The molecule has 0 N–H and O–H groups in total. The Labute approximate surface area is 177 Å². The Morgan fingerprint density at radius 1 is 0.828 bits per heavy atom. The Balaban J connectivity index is 2.11. The van der Waals surface area contributed by atoms with Crippen LogP contribution in [0.1, 0.15) is 17.5 Å². The van der Waals surface area contributed by atoms with E-state index in [4.69, 9.17) is 8.85 Å². The Bertz CT molecular complexity index is 820. The maximum atomic E-state index is 13.2. The van der Waals surface area contributed by atoms with Crippen molar-refractivity contribution in [1.82, 2.24) is 0 Å². The summed E-state index contributed by atoms with van der Waals surface area (Å²) in [5.74, 6) is 0.857. The third kappa shape index (κ3) is 4.73. The zero-order chi connectivity index (χ0) is 21.3. The van der Waals surface area contributed by atoms with Crippen molar-refractivity contribution in [2.45, 2.75) is 51.1 Å². The fourth-order valence-electron chi connectivity index (χ4n) is 3.95. The third-order valence-corrected chi connectivity index (χ3v) is 6.64. The summed E-state index contributed by atoms with van der Waals surface area (Å²) in [6.45, 7) is 12.9.